The maximum absolute atomic E-state index is 12.9. The van der Waals surface area contributed by atoms with Crippen molar-refractivity contribution in [2.75, 3.05) is 0 Å². The van der Waals surface area contributed by atoms with Crippen molar-refractivity contribution in [2.45, 2.75) is 13.5 Å². The lowest BCUT2D eigenvalue weighted by molar-refractivity contribution is -0.121. The fraction of sp³-hybridized carbons (Fsp3) is 0.0833. The molecule has 0 unspecified atom stereocenters. The summed E-state index contributed by atoms with van der Waals surface area (Å²) >= 11 is 0. The minimum Gasteiger partial charge on any atom is -0.271 e. The lowest BCUT2D eigenvalue weighted by Gasteiger charge is -2.11. The molecular formula is C24H20N4O2. The second-order valence-corrected chi connectivity index (χ2v) is 6.82. The van der Waals surface area contributed by atoms with E-state index in [1.807, 2.05) is 79.7 Å². The highest BCUT2D eigenvalue weighted by Gasteiger charge is 2.14. The van der Waals surface area contributed by atoms with Gasteiger partial charge in [0.25, 0.3) is 11.5 Å². The molecular weight excluding hydrogens is 376 g/mol. The molecule has 0 aliphatic heterocycles. The number of hydrogen-bond donors (Lipinski definition) is 1. The number of nitrogens with zero attached hydrogens (tertiary/aromatic N) is 3. The summed E-state index contributed by atoms with van der Waals surface area (Å²) < 4.78 is 1.19. The van der Waals surface area contributed by atoms with E-state index in [-0.39, 0.29) is 12.1 Å². The van der Waals surface area contributed by atoms with Crippen LogP contribution in [0.4, 0.5) is 0 Å². The van der Waals surface area contributed by atoms with Gasteiger partial charge in [-0.1, -0.05) is 78.9 Å². The molecule has 0 aliphatic carbocycles. The topological polar surface area (TPSA) is 76.3 Å². The Bertz CT molecular complexity index is 1280. The molecule has 0 aliphatic rings. The van der Waals surface area contributed by atoms with Crippen LogP contribution in [0.1, 0.15) is 12.5 Å². The van der Waals surface area contributed by atoms with Crippen LogP contribution in [0.2, 0.25) is 0 Å². The molecule has 0 spiro atoms. The van der Waals surface area contributed by atoms with Crippen LogP contribution in [0.3, 0.4) is 0 Å². The van der Waals surface area contributed by atoms with Crippen molar-refractivity contribution in [1.82, 2.24) is 15.2 Å². The third-order valence-electron chi connectivity index (χ3n) is 4.75. The van der Waals surface area contributed by atoms with Gasteiger partial charge in [0.15, 0.2) is 0 Å². The largest absolute Gasteiger partial charge is 0.275 e. The molecule has 6 nitrogen and oxygen atoms in total. The smallest absolute Gasteiger partial charge is 0.271 e. The highest BCUT2D eigenvalue weighted by atomic mass is 16.2. The van der Waals surface area contributed by atoms with Crippen LogP contribution >= 0.6 is 0 Å². The van der Waals surface area contributed by atoms with Crippen molar-refractivity contribution >= 4 is 22.4 Å². The quantitative estimate of drug-likeness (QED) is 0.414. The van der Waals surface area contributed by atoms with Gasteiger partial charge in [0.1, 0.15) is 6.54 Å². The first-order valence-electron chi connectivity index (χ1n) is 9.57. The summed E-state index contributed by atoms with van der Waals surface area (Å²) in [5, 5.41) is 9.90. The number of amides is 1. The van der Waals surface area contributed by atoms with Crippen LogP contribution < -0.4 is 11.0 Å². The Morgan fingerprint density at radius 1 is 0.900 bits per heavy atom. The molecule has 1 N–H and O–H groups in total. The van der Waals surface area contributed by atoms with Crippen molar-refractivity contribution in [1.29, 1.82) is 0 Å². The van der Waals surface area contributed by atoms with Crippen LogP contribution in [0.5, 0.6) is 0 Å². The van der Waals surface area contributed by atoms with Crippen molar-refractivity contribution < 1.29 is 4.79 Å². The zero-order valence-corrected chi connectivity index (χ0v) is 16.4. The normalized spacial score (nSPS) is 11.4. The molecule has 1 amide bonds. The first kappa shape index (κ1) is 19.3. The Kier molecular flexibility index (Phi) is 5.48. The second-order valence-electron chi connectivity index (χ2n) is 6.82. The van der Waals surface area contributed by atoms with Crippen LogP contribution in [0, 0.1) is 0 Å². The summed E-state index contributed by atoms with van der Waals surface area (Å²) in [5.74, 6) is -0.422. The fourth-order valence-electron chi connectivity index (χ4n) is 3.21. The first-order valence-corrected chi connectivity index (χ1v) is 9.57. The van der Waals surface area contributed by atoms with Crippen molar-refractivity contribution in [3.63, 3.8) is 0 Å². The average molecular weight is 396 g/mol. The number of carbonyl (C=O) groups is 1. The van der Waals surface area contributed by atoms with Crippen LogP contribution in [-0.4, -0.2) is 21.4 Å². The second kappa shape index (κ2) is 8.53. The molecule has 4 aromatic rings. The van der Waals surface area contributed by atoms with E-state index in [0.29, 0.717) is 16.8 Å². The molecule has 0 saturated heterocycles. The molecule has 4 rings (SSSR count). The summed E-state index contributed by atoms with van der Waals surface area (Å²) in [6, 6.07) is 26.4. The Labute approximate surface area is 173 Å². The van der Waals surface area contributed by atoms with E-state index in [1.54, 1.807) is 12.1 Å². The number of hydrogen-bond acceptors (Lipinski definition) is 4. The minimum atomic E-state index is -0.422. The Balaban J connectivity index is 1.65. The maximum atomic E-state index is 12.9. The lowest BCUT2D eigenvalue weighted by Crippen LogP contribution is -2.32. The fourth-order valence-corrected chi connectivity index (χ4v) is 3.21. The monoisotopic (exact) mass is 396 g/mol. The SMILES string of the molecule is C/C(=N\NC(=O)Cn1nc(-c2ccccc2)c2ccccc2c1=O)c1ccccc1. The van der Waals surface area contributed by atoms with Crippen LogP contribution in [-0.2, 0) is 11.3 Å². The molecule has 1 aromatic heterocycles. The lowest BCUT2D eigenvalue weighted by atomic mass is 10.1. The number of aromatic nitrogens is 2. The van der Waals surface area contributed by atoms with Gasteiger partial charge in [-0.25, -0.2) is 10.1 Å². The molecule has 1 heterocycles. The third kappa shape index (κ3) is 4.03. The standard InChI is InChI=1S/C24H20N4O2/c1-17(18-10-4-2-5-11-18)25-26-22(29)16-28-24(30)21-15-9-8-14-20(21)23(27-28)19-12-6-3-7-13-19/h2-15H,16H2,1H3,(H,26,29)/b25-17+. The van der Waals surface area contributed by atoms with E-state index in [0.717, 1.165) is 16.5 Å². The summed E-state index contributed by atoms with van der Waals surface area (Å²) in [5.41, 5.74) is 5.31. The molecule has 0 radical (unpaired) electrons. The molecule has 0 atom stereocenters. The van der Waals surface area contributed by atoms with Crippen LogP contribution in [0.15, 0.2) is 94.8 Å². The molecule has 0 bridgehead atoms. The molecule has 30 heavy (non-hydrogen) atoms. The van der Waals surface area contributed by atoms with Gasteiger partial charge in [0.05, 0.1) is 16.8 Å². The van der Waals surface area contributed by atoms with Crippen LogP contribution in [0.25, 0.3) is 22.0 Å². The van der Waals surface area contributed by atoms with E-state index < -0.39 is 5.91 Å². The van der Waals surface area contributed by atoms with Crippen molar-refractivity contribution in [3.05, 3.63) is 101 Å². The van der Waals surface area contributed by atoms with Gasteiger partial charge < -0.3 is 0 Å². The molecule has 3 aromatic carbocycles. The predicted octanol–water partition coefficient (Wildman–Crippen LogP) is 3.60. The van der Waals surface area contributed by atoms with Gasteiger partial charge in [-0.2, -0.15) is 10.2 Å². The van der Waals surface area contributed by atoms with E-state index >= 15 is 0 Å². The van der Waals surface area contributed by atoms with Gasteiger partial charge in [0.2, 0.25) is 0 Å². The summed E-state index contributed by atoms with van der Waals surface area (Å²) in [4.78, 5) is 25.4. The van der Waals surface area contributed by atoms with Gasteiger partial charge in [0, 0.05) is 10.9 Å². The van der Waals surface area contributed by atoms with E-state index in [2.05, 4.69) is 15.6 Å². The van der Waals surface area contributed by atoms with Gasteiger partial charge in [-0.15, -0.1) is 0 Å². The number of carbonyl (C=O) groups excluding carboxylic acids is 1. The zero-order valence-electron chi connectivity index (χ0n) is 16.4. The average Bonchev–Trinajstić information content (AvgIpc) is 2.80. The number of nitrogens with one attached hydrogen (secondary N) is 1. The Hall–Kier alpha value is -4.06. The Morgan fingerprint density at radius 3 is 2.20 bits per heavy atom. The molecule has 0 saturated carbocycles. The van der Waals surface area contributed by atoms with Gasteiger partial charge >= 0.3 is 0 Å². The minimum absolute atomic E-state index is 0.227. The zero-order chi connectivity index (χ0) is 20.9. The molecule has 148 valence electrons. The summed E-state index contributed by atoms with van der Waals surface area (Å²) in [7, 11) is 0. The first-order chi connectivity index (χ1) is 14.6. The predicted molar refractivity (Wildman–Crippen MR) is 118 cm³/mol. The van der Waals surface area contributed by atoms with Gasteiger partial charge in [-0.3, -0.25) is 9.59 Å². The van der Waals surface area contributed by atoms with Crippen molar-refractivity contribution in [2.24, 2.45) is 5.10 Å². The molecule has 6 heteroatoms. The number of fused-ring (bicyclic) bond motifs is 1. The van der Waals surface area contributed by atoms with Crippen molar-refractivity contribution in [3.8, 4) is 11.3 Å². The third-order valence-corrected chi connectivity index (χ3v) is 4.75. The summed E-state index contributed by atoms with van der Waals surface area (Å²) in [6.07, 6.45) is 0. The highest BCUT2D eigenvalue weighted by Crippen LogP contribution is 2.24. The highest BCUT2D eigenvalue weighted by molar-refractivity contribution is 5.99. The van der Waals surface area contributed by atoms with Gasteiger partial charge in [-0.05, 0) is 18.6 Å². The van der Waals surface area contributed by atoms with E-state index in [4.69, 9.17) is 0 Å². The maximum Gasteiger partial charge on any atom is 0.275 e. The molecule has 0 fully saturated rings. The summed E-state index contributed by atoms with van der Waals surface area (Å²) in [6.45, 7) is 1.58. The Morgan fingerprint density at radius 2 is 1.50 bits per heavy atom. The van der Waals surface area contributed by atoms with E-state index in [9.17, 15) is 9.59 Å². The number of hydrazone groups is 1. The number of rotatable bonds is 5. The number of benzene rings is 3. The van der Waals surface area contributed by atoms with E-state index in [1.165, 1.54) is 4.68 Å².